The van der Waals surface area contributed by atoms with Crippen molar-refractivity contribution in [2.45, 2.75) is 13.0 Å². The van der Waals surface area contributed by atoms with Gasteiger partial charge in [0.2, 0.25) is 0 Å². The fourth-order valence-electron chi connectivity index (χ4n) is 1.89. The van der Waals surface area contributed by atoms with Gasteiger partial charge >= 0.3 is 0 Å². The summed E-state index contributed by atoms with van der Waals surface area (Å²) in [5.74, 6) is 0. The Kier molecular flexibility index (Phi) is 6.37. The third-order valence-electron chi connectivity index (χ3n) is 2.95. The summed E-state index contributed by atoms with van der Waals surface area (Å²) in [7, 11) is 1.54. The molecule has 0 heterocycles. The Labute approximate surface area is 117 Å². The second-order valence-electron chi connectivity index (χ2n) is 4.38. The third kappa shape index (κ3) is 4.16. The summed E-state index contributed by atoms with van der Waals surface area (Å²) >= 11 is 0. The maximum absolute atomic E-state index is 11.2. The van der Waals surface area contributed by atoms with Crippen LogP contribution in [0.2, 0.25) is 0 Å². The number of hydrogen-bond donors (Lipinski definition) is 2. The quantitative estimate of drug-likeness (QED) is 0.548. The van der Waals surface area contributed by atoms with Gasteiger partial charge in [-0.25, -0.2) is 0 Å². The van der Waals surface area contributed by atoms with Gasteiger partial charge in [-0.05, 0) is 18.6 Å². The number of aliphatic hydroxyl groups excluding tert-OH is 2. The second kappa shape index (κ2) is 7.78. The lowest BCUT2D eigenvalue weighted by molar-refractivity contribution is -0.384. The zero-order valence-corrected chi connectivity index (χ0v) is 11.7. The van der Waals surface area contributed by atoms with Gasteiger partial charge in [0.25, 0.3) is 5.69 Å². The summed E-state index contributed by atoms with van der Waals surface area (Å²) in [6.45, 7) is 2.55. The minimum Gasteiger partial charge on any atom is -0.395 e. The van der Waals surface area contributed by atoms with E-state index in [2.05, 4.69) is 0 Å². The lowest BCUT2D eigenvalue weighted by Crippen LogP contribution is -2.30. The minimum atomic E-state index is -0.770. The monoisotopic (exact) mass is 284 g/mol. The number of benzene rings is 1. The van der Waals surface area contributed by atoms with Crippen LogP contribution in [-0.2, 0) is 4.74 Å². The van der Waals surface area contributed by atoms with Crippen molar-refractivity contribution >= 4 is 11.4 Å². The van der Waals surface area contributed by atoms with E-state index >= 15 is 0 Å². The first kappa shape index (κ1) is 16.4. The van der Waals surface area contributed by atoms with Crippen LogP contribution in [0.15, 0.2) is 18.2 Å². The average molecular weight is 284 g/mol. The van der Waals surface area contributed by atoms with Gasteiger partial charge in [-0.15, -0.1) is 0 Å². The molecular weight excluding hydrogens is 264 g/mol. The molecule has 1 atom stereocenters. The molecule has 0 aliphatic carbocycles. The Balaban J connectivity index is 3.15. The summed E-state index contributed by atoms with van der Waals surface area (Å²) in [5.41, 5.74) is 0.801. The molecule has 0 aliphatic rings. The molecule has 0 saturated carbocycles. The van der Waals surface area contributed by atoms with Gasteiger partial charge in [0.1, 0.15) is 5.69 Å². The van der Waals surface area contributed by atoms with E-state index < -0.39 is 11.0 Å². The highest BCUT2D eigenvalue weighted by Crippen LogP contribution is 2.31. The number of anilines is 1. The fourth-order valence-corrected chi connectivity index (χ4v) is 1.89. The lowest BCUT2D eigenvalue weighted by Gasteiger charge is -2.23. The smallest absolute Gasteiger partial charge is 0.292 e. The molecule has 1 aromatic carbocycles. The molecule has 2 N–H and O–H groups in total. The predicted octanol–water partition coefficient (Wildman–Crippen LogP) is 1.09. The number of hydrogen-bond acceptors (Lipinski definition) is 6. The normalized spacial score (nSPS) is 12.2. The second-order valence-corrected chi connectivity index (χ2v) is 4.38. The van der Waals surface area contributed by atoms with Crippen LogP contribution < -0.4 is 4.90 Å². The Morgan fingerprint density at radius 3 is 2.65 bits per heavy atom. The van der Waals surface area contributed by atoms with Crippen molar-refractivity contribution in [2.24, 2.45) is 0 Å². The first-order valence-electron chi connectivity index (χ1n) is 6.32. The van der Waals surface area contributed by atoms with Gasteiger partial charge < -0.3 is 19.8 Å². The molecule has 0 spiro atoms. The molecular formula is C13H20N2O5. The maximum atomic E-state index is 11.2. The molecule has 0 radical (unpaired) electrons. The number of nitro benzene ring substituents is 1. The molecule has 112 valence electrons. The fraction of sp³-hybridized carbons (Fsp3) is 0.538. The van der Waals surface area contributed by atoms with E-state index in [-0.39, 0.29) is 18.8 Å². The van der Waals surface area contributed by atoms with E-state index in [1.54, 1.807) is 31.1 Å². The summed E-state index contributed by atoms with van der Waals surface area (Å²) < 4.78 is 4.97. The number of nitro groups is 1. The van der Waals surface area contributed by atoms with E-state index in [4.69, 9.17) is 9.84 Å². The Morgan fingerprint density at radius 2 is 2.15 bits per heavy atom. The van der Waals surface area contributed by atoms with Crippen LogP contribution in [0.25, 0.3) is 0 Å². The first-order valence-corrected chi connectivity index (χ1v) is 6.32. The van der Waals surface area contributed by atoms with Crippen LogP contribution in [0.4, 0.5) is 11.4 Å². The maximum Gasteiger partial charge on any atom is 0.292 e. The SMILES string of the molecule is COCCN(CCO)c1ccc([C@H](C)O)cc1[N+](=O)[O-]. The molecule has 0 amide bonds. The standard InChI is InChI=1S/C13H20N2O5/c1-10(17)11-3-4-12(13(9-11)15(18)19)14(5-7-16)6-8-20-2/h3-4,9-10,16-17H,5-8H2,1-2H3/t10-/m0/s1. The van der Waals surface area contributed by atoms with E-state index in [1.165, 1.54) is 6.07 Å². The molecule has 1 aromatic rings. The van der Waals surface area contributed by atoms with E-state index in [9.17, 15) is 15.2 Å². The van der Waals surface area contributed by atoms with Gasteiger partial charge in [-0.2, -0.15) is 0 Å². The molecule has 7 nitrogen and oxygen atoms in total. The summed E-state index contributed by atoms with van der Waals surface area (Å²) in [6, 6.07) is 4.59. The molecule has 0 fully saturated rings. The lowest BCUT2D eigenvalue weighted by atomic mass is 10.1. The Morgan fingerprint density at radius 1 is 1.45 bits per heavy atom. The Bertz CT molecular complexity index is 450. The summed E-state index contributed by atoms with van der Waals surface area (Å²) in [4.78, 5) is 12.4. The van der Waals surface area contributed by atoms with Crippen LogP contribution in [0.1, 0.15) is 18.6 Å². The average Bonchev–Trinajstić information content (AvgIpc) is 2.42. The Hall–Kier alpha value is -1.70. The highest BCUT2D eigenvalue weighted by molar-refractivity contribution is 5.64. The summed E-state index contributed by atoms with van der Waals surface area (Å²) in [5, 5.41) is 29.8. The van der Waals surface area contributed by atoms with Crippen LogP contribution in [0.5, 0.6) is 0 Å². The van der Waals surface area contributed by atoms with Crippen molar-refractivity contribution in [3.63, 3.8) is 0 Å². The molecule has 0 aliphatic heterocycles. The molecule has 0 aromatic heterocycles. The highest BCUT2D eigenvalue weighted by atomic mass is 16.6. The molecule has 20 heavy (non-hydrogen) atoms. The van der Waals surface area contributed by atoms with Crippen molar-refractivity contribution in [1.82, 2.24) is 0 Å². The molecule has 0 bridgehead atoms. The van der Waals surface area contributed by atoms with Gasteiger partial charge in [0.15, 0.2) is 0 Å². The molecule has 0 unspecified atom stereocenters. The van der Waals surface area contributed by atoms with Crippen molar-refractivity contribution in [1.29, 1.82) is 0 Å². The van der Waals surface area contributed by atoms with Crippen molar-refractivity contribution in [2.75, 3.05) is 38.3 Å². The van der Waals surface area contributed by atoms with Crippen molar-refractivity contribution < 1.29 is 19.9 Å². The number of nitrogens with zero attached hydrogens (tertiary/aromatic N) is 2. The number of ether oxygens (including phenoxy) is 1. The van der Waals surface area contributed by atoms with Gasteiger partial charge in [0, 0.05) is 26.3 Å². The number of rotatable bonds is 8. The van der Waals surface area contributed by atoms with E-state index in [0.29, 0.717) is 24.4 Å². The highest BCUT2D eigenvalue weighted by Gasteiger charge is 2.20. The largest absolute Gasteiger partial charge is 0.395 e. The van der Waals surface area contributed by atoms with Gasteiger partial charge in [0.05, 0.1) is 24.2 Å². The van der Waals surface area contributed by atoms with Crippen molar-refractivity contribution in [3.05, 3.63) is 33.9 Å². The van der Waals surface area contributed by atoms with Crippen LogP contribution in [0.3, 0.4) is 0 Å². The van der Waals surface area contributed by atoms with Crippen molar-refractivity contribution in [3.8, 4) is 0 Å². The van der Waals surface area contributed by atoms with Crippen LogP contribution in [-0.4, -0.2) is 48.5 Å². The minimum absolute atomic E-state index is 0.0899. The van der Waals surface area contributed by atoms with Crippen LogP contribution in [0, 0.1) is 10.1 Å². The molecule has 0 saturated heterocycles. The molecule has 7 heteroatoms. The molecule has 1 rings (SSSR count). The summed E-state index contributed by atoms with van der Waals surface area (Å²) in [6.07, 6.45) is -0.770. The van der Waals surface area contributed by atoms with Gasteiger partial charge in [-0.1, -0.05) is 6.07 Å². The van der Waals surface area contributed by atoms with Gasteiger partial charge in [-0.3, -0.25) is 10.1 Å². The van der Waals surface area contributed by atoms with E-state index in [1.807, 2.05) is 0 Å². The first-order chi connectivity index (χ1) is 9.51. The zero-order valence-electron chi connectivity index (χ0n) is 11.7. The third-order valence-corrected chi connectivity index (χ3v) is 2.95. The number of methoxy groups -OCH3 is 1. The topological polar surface area (TPSA) is 96.1 Å². The predicted molar refractivity (Wildman–Crippen MR) is 74.9 cm³/mol. The number of aliphatic hydroxyl groups is 2. The van der Waals surface area contributed by atoms with Crippen LogP contribution >= 0.6 is 0 Å². The van der Waals surface area contributed by atoms with E-state index in [0.717, 1.165) is 0 Å². The zero-order chi connectivity index (χ0) is 15.1.